The molecule has 0 saturated heterocycles. The van der Waals surface area contributed by atoms with Crippen molar-refractivity contribution in [2.45, 2.75) is 24.8 Å². The molecular formula is C23H20N2OS. The van der Waals surface area contributed by atoms with E-state index in [1.165, 1.54) is 5.56 Å². The van der Waals surface area contributed by atoms with Crippen LogP contribution in [0.5, 0.6) is 0 Å². The maximum Gasteiger partial charge on any atom is 0.163 e. The zero-order valence-corrected chi connectivity index (χ0v) is 15.6. The van der Waals surface area contributed by atoms with Crippen LogP contribution in [0, 0.1) is 0 Å². The summed E-state index contributed by atoms with van der Waals surface area (Å²) in [6.07, 6.45) is 1.41. The minimum atomic E-state index is -0.105. The van der Waals surface area contributed by atoms with Crippen LogP contribution < -0.4 is 10.6 Å². The van der Waals surface area contributed by atoms with E-state index in [0.29, 0.717) is 6.42 Å². The average molecular weight is 372 g/mol. The molecule has 1 aliphatic heterocycles. The first-order valence-electron chi connectivity index (χ1n) is 9.25. The van der Waals surface area contributed by atoms with Crippen molar-refractivity contribution in [3.05, 3.63) is 93.8 Å². The molecule has 0 unspecified atom stereocenters. The van der Waals surface area contributed by atoms with E-state index in [4.69, 9.17) is 0 Å². The molecule has 4 heteroatoms. The molecule has 0 fully saturated rings. The van der Waals surface area contributed by atoms with E-state index in [9.17, 15) is 4.79 Å². The van der Waals surface area contributed by atoms with Gasteiger partial charge in [-0.05, 0) is 52.4 Å². The zero-order valence-electron chi connectivity index (χ0n) is 14.8. The van der Waals surface area contributed by atoms with Gasteiger partial charge in [-0.15, -0.1) is 0 Å². The molecule has 2 atom stereocenters. The van der Waals surface area contributed by atoms with Gasteiger partial charge in [0.05, 0.1) is 17.4 Å². The summed E-state index contributed by atoms with van der Waals surface area (Å²) in [5, 5.41) is 11.4. The molecule has 0 amide bonds. The zero-order chi connectivity index (χ0) is 18.2. The maximum absolute atomic E-state index is 13.3. The normalized spacial score (nSPS) is 21.6. The molecule has 3 nitrogen and oxygen atoms in total. The molecule has 0 bridgehead atoms. The third-order valence-electron chi connectivity index (χ3n) is 5.46. The summed E-state index contributed by atoms with van der Waals surface area (Å²) in [5.41, 5.74) is 6.39. The van der Waals surface area contributed by atoms with Crippen LogP contribution in [0.4, 0.5) is 11.4 Å². The summed E-state index contributed by atoms with van der Waals surface area (Å²) in [7, 11) is 0. The molecule has 5 rings (SSSR count). The molecular weight excluding hydrogens is 352 g/mol. The number of ketones is 1. The van der Waals surface area contributed by atoms with Gasteiger partial charge in [0.1, 0.15) is 0 Å². The molecule has 2 heterocycles. The summed E-state index contributed by atoms with van der Waals surface area (Å²) in [5.74, 6) is 0.451. The molecule has 3 aromatic rings. The highest BCUT2D eigenvalue weighted by Gasteiger charge is 2.36. The predicted octanol–water partition coefficient (Wildman–Crippen LogP) is 5.73. The lowest BCUT2D eigenvalue weighted by Crippen LogP contribution is -2.26. The maximum atomic E-state index is 13.3. The Morgan fingerprint density at radius 3 is 2.41 bits per heavy atom. The Morgan fingerprint density at radius 2 is 1.63 bits per heavy atom. The van der Waals surface area contributed by atoms with Crippen molar-refractivity contribution in [1.29, 1.82) is 0 Å². The highest BCUT2D eigenvalue weighted by molar-refractivity contribution is 7.08. The molecule has 2 aliphatic rings. The van der Waals surface area contributed by atoms with Crippen molar-refractivity contribution in [2.24, 2.45) is 0 Å². The van der Waals surface area contributed by atoms with Crippen molar-refractivity contribution in [1.82, 2.24) is 0 Å². The lowest BCUT2D eigenvalue weighted by Gasteiger charge is -2.29. The Hall–Kier alpha value is -2.85. The van der Waals surface area contributed by atoms with Crippen molar-refractivity contribution in [3.63, 3.8) is 0 Å². The molecule has 2 aromatic carbocycles. The summed E-state index contributed by atoms with van der Waals surface area (Å²) >= 11 is 1.67. The second-order valence-electron chi connectivity index (χ2n) is 7.14. The Balaban J connectivity index is 1.61. The number of rotatable bonds is 2. The van der Waals surface area contributed by atoms with Gasteiger partial charge in [-0.1, -0.05) is 42.5 Å². The first-order valence-corrected chi connectivity index (χ1v) is 10.2. The highest BCUT2D eigenvalue weighted by Crippen LogP contribution is 2.44. The summed E-state index contributed by atoms with van der Waals surface area (Å²) in [6.45, 7) is 0. The van der Waals surface area contributed by atoms with Gasteiger partial charge in [-0.3, -0.25) is 4.79 Å². The fraction of sp³-hybridized carbons (Fsp3) is 0.174. The van der Waals surface area contributed by atoms with E-state index < -0.39 is 0 Å². The molecule has 0 spiro atoms. The largest absolute Gasteiger partial charge is 0.372 e. The molecule has 1 aromatic heterocycles. The van der Waals surface area contributed by atoms with Gasteiger partial charge in [0.15, 0.2) is 5.78 Å². The number of allylic oxidation sites excluding steroid dienone is 1. The van der Waals surface area contributed by atoms with Crippen LogP contribution in [0.2, 0.25) is 0 Å². The Bertz CT molecular complexity index is 1010. The van der Waals surface area contributed by atoms with Crippen LogP contribution in [0.3, 0.4) is 0 Å². The third kappa shape index (κ3) is 2.96. The molecule has 0 radical (unpaired) electrons. The Morgan fingerprint density at radius 1 is 0.852 bits per heavy atom. The standard InChI is InChI=1S/C23H20N2OS/c26-21-13-17(15-6-2-1-3-7-15)12-20-22(21)23(16-10-11-27-14-16)25-19-9-5-4-8-18(19)24-20/h1-11,14,17,23-25H,12-13H2/t17-,23+/m0/s1. The molecule has 1 aliphatic carbocycles. The number of hydrogen-bond acceptors (Lipinski definition) is 4. The van der Waals surface area contributed by atoms with Gasteiger partial charge in [0.25, 0.3) is 0 Å². The number of thiophene rings is 1. The van der Waals surface area contributed by atoms with E-state index >= 15 is 0 Å². The topological polar surface area (TPSA) is 41.1 Å². The first-order chi connectivity index (χ1) is 13.3. The van der Waals surface area contributed by atoms with Crippen LogP contribution in [-0.2, 0) is 4.79 Å². The van der Waals surface area contributed by atoms with Crippen LogP contribution >= 0.6 is 11.3 Å². The number of nitrogens with one attached hydrogen (secondary N) is 2. The summed E-state index contributed by atoms with van der Waals surface area (Å²) < 4.78 is 0. The first kappa shape index (κ1) is 16.3. The highest BCUT2D eigenvalue weighted by atomic mass is 32.1. The van der Waals surface area contributed by atoms with Gasteiger partial charge in [-0.2, -0.15) is 11.3 Å². The number of anilines is 2. The number of hydrogen-bond donors (Lipinski definition) is 2. The summed E-state index contributed by atoms with van der Waals surface area (Å²) in [6, 6.07) is 20.6. The number of Topliss-reactive ketones (excluding diaryl/α,β-unsaturated/α-hetero) is 1. The van der Waals surface area contributed by atoms with E-state index in [1.807, 2.05) is 18.2 Å². The monoisotopic (exact) mass is 372 g/mol. The fourth-order valence-corrected chi connectivity index (χ4v) is 4.83. The van der Waals surface area contributed by atoms with Gasteiger partial charge in [0.2, 0.25) is 0 Å². The van der Waals surface area contributed by atoms with E-state index in [2.05, 4.69) is 63.9 Å². The van der Waals surface area contributed by atoms with Crippen molar-refractivity contribution in [3.8, 4) is 0 Å². The SMILES string of the molecule is O=C1C[C@@H](c2ccccc2)CC2=C1[C@@H](c1ccsc1)Nc1ccccc1N2. The van der Waals surface area contributed by atoms with E-state index in [1.54, 1.807) is 11.3 Å². The van der Waals surface area contributed by atoms with Gasteiger partial charge in [-0.25, -0.2) is 0 Å². The molecule has 0 saturated carbocycles. The molecule has 2 N–H and O–H groups in total. The number of fused-ring (bicyclic) bond motifs is 1. The van der Waals surface area contributed by atoms with Crippen molar-refractivity contribution in [2.75, 3.05) is 10.6 Å². The molecule has 134 valence electrons. The summed E-state index contributed by atoms with van der Waals surface area (Å²) in [4.78, 5) is 13.3. The Labute approximate surface area is 162 Å². The van der Waals surface area contributed by atoms with Crippen LogP contribution in [-0.4, -0.2) is 5.78 Å². The number of carbonyl (C=O) groups is 1. The van der Waals surface area contributed by atoms with Crippen LogP contribution in [0.15, 0.2) is 82.7 Å². The third-order valence-corrected chi connectivity index (χ3v) is 6.16. The lowest BCUT2D eigenvalue weighted by molar-refractivity contribution is -0.116. The minimum Gasteiger partial charge on any atom is -0.372 e. The lowest BCUT2D eigenvalue weighted by atomic mass is 9.79. The average Bonchev–Trinajstić information content (AvgIpc) is 3.17. The second-order valence-corrected chi connectivity index (χ2v) is 7.92. The van der Waals surface area contributed by atoms with Gasteiger partial charge >= 0.3 is 0 Å². The number of carbonyl (C=O) groups excluding carboxylic acids is 1. The molecule has 27 heavy (non-hydrogen) atoms. The second kappa shape index (κ2) is 6.71. The van der Waals surface area contributed by atoms with E-state index in [0.717, 1.165) is 34.6 Å². The predicted molar refractivity (Wildman–Crippen MR) is 111 cm³/mol. The van der Waals surface area contributed by atoms with Crippen LogP contribution in [0.25, 0.3) is 0 Å². The van der Waals surface area contributed by atoms with E-state index in [-0.39, 0.29) is 17.7 Å². The Kier molecular flexibility index (Phi) is 4.06. The van der Waals surface area contributed by atoms with Crippen LogP contribution in [0.1, 0.15) is 35.9 Å². The van der Waals surface area contributed by atoms with Crippen molar-refractivity contribution >= 4 is 28.5 Å². The van der Waals surface area contributed by atoms with Crippen molar-refractivity contribution < 1.29 is 4.79 Å². The van der Waals surface area contributed by atoms with Gasteiger partial charge in [0, 0.05) is 17.7 Å². The number of para-hydroxylation sites is 2. The fourth-order valence-electron chi connectivity index (χ4n) is 4.14. The number of benzene rings is 2. The van der Waals surface area contributed by atoms with Gasteiger partial charge < -0.3 is 10.6 Å². The quantitative estimate of drug-likeness (QED) is 0.604. The smallest absolute Gasteiger partial charge is 0.163 e. The minimum absolute atomic E-state index is 0.105.